The van der Waals surface area contributed by atoms with Gasteiger partial charge in [0.25, 0.3) is 0 Å². The number of rotatable bonds is 6. The third-order valence-corrected chi connectivity index (χ3v) is 4.55. The molecule has 1 N–H and O–H groups in total. The number of para-hydroxylation sites is 1. The Labute approximate surface area is 123 Å². The molecule has 0 fully saturated rings. The van der Waals surface area contributed by atoms with Gasteiger partial charge in [0.2, 0.25) is 0 Å². The third-order valence-electron chi connectivity index (χ3n) is 3.56. The first-order chi connectivity index (χ1) is 9.88. The molecule has 0 bridgehead atoms. The molecule has 3 aromatic rings. The van der Waals surface area contributed by atoms with Gasteiger partial charge in [0.05, 0.1) is 6.26 Å². The summed E-state index contributed by atoms with van der Waals surface area (Å²) in [6.45, 7) is 3.08. The molecule has 2 aromatic heterocycles. The van der Waals surface area contributed by atoms with E-state index in [2.05, 4.69) is 41.9 Å². The number of nitrogens with one attached hydrogen (secondary N) is 1. The van der Waals surface area contributed by atoms with Crippen molar-refractivity contribution in [3.05, 3.63) is 58.5 Å². The lowest BCUT2D eigenvalue weighted by Gasteiger charge is -2.16. The van der Waals surface area contributed by atoms with Gasteiger partial charge in [-0.2, -0.15) is 0 Å². The number of hydrogen-bond acceptors (Lipinski definition) is 3. The third kappa shape index (κ3) is 2.79. The summed E-state index contributed by atoms with van der Waals surface area (Å²) in [5.41, 5.74) is 2.20. The van der Waals surface area contributed by atoms with Crippen LogP contribution in [0.25, 0.3) is 11.0 Å². The van der Waals surface area contributed by atoms with Crippen molar-refractivity contribution in [1.29, 1.82) is 0 Å². The molecular weight excluding hydrogens is 266 g/mol. The molecule has 1 atom stereocenters. The summed E-state index contributed by atoms with van der Waals surface area (Å²) in [7, 11) is 0. The maximum absolute atomic E-state index is 5.59. The van der Waals surface area contributed by atoms with E-state index in [-0.39, 0.29) is 0 Å². The van der Waals surface area contributed by atoms with Crippen LogP contribution in [0.4, 0.5) is 0 Å². The van der Waals surface area contributed by atoms with Crippen molar-refractivity contribution < 1.29 is 4.42 Å². The number of thiophene rings is 1. The number of furan rings is 1. The Kier molecular flexibility index (Phi) is 4.19. The van der Waals surface area contributed by atoms with Gasteiger partial charge in [0, 0.05) is 28.4 Å². The monoisotopic (exact) mass is 285 g/mol. The van der Waals surface area contributed by atoms with Crippen molar-refractivity contribution in [2.45, 2.75) is 32.4 Å². The van der Waals surface area contributed by atoms with Crippen LogP contribution >= 0.6 is 11.3 Å². The summed E-state index contributed by atoms with van der Waals surface area (Å²) in [4.78, 5) is 1.42. The molecule has 0 aliphatic heterocycles. The molecule has 3 rings (SSSR count). The first-order valence-corrected chi connectivity index (χ1v) is 7.98. The van der Waals surface area contributed by atoms with E-state index in [0.717, 1.165) is 18.5 Å². The summed E-state index contributed by atoms with van der Waals surface area (Å²) in [6.07, 6.45) is 4.22. The first-order valence-electron chi connectivity index (χ1n) is 7.10. The standard InChI is InChI=1S/C17H19NOS/c1-2-6-15(17-9-5-10-20-17)18-11-13-12-19-16-8-4-3-7-14(13)16/h3-5,7-10,12,15,18H,2,6,11H2,1H3. The molecular formula is C17H19NOS. The Morgan fingerprint density at radius 3 is 2.90 bits per heavy atom. The second-order valence-corrected chi connectivity index (χ2v) is 5.97. The highest BCUT2D eigenvalue weighted by Gasteiger charge is 2.12. The molecule has 0 saturated heterocycles. The lowest BCUT2D eigenvalue weighted by Crippen LogP contribution is -2.19. The SMILES string of the molecule is CCCC(NCc1coc2ccccc12)c1cccs1. The molecule has 0 aliphatic carbocycles. The minimum atomic E-state index is 0.439. The predicted molar refractivity (Wildman–Crippen MR) is 85.0 cm³/mol. The van der Waals surface area contributed by atoms with Gasteiger partial charge in [0.1, 0.15) is 5.58 Å². The zero-order valence-corrected chi connectivity index (χ0v) is 12.5. The van der Waals surface area contributed by atoms with Crippen LogP contribution in [0.5, 0.6) is 0 Å². The minimum Gasteiger partial charge on any atom is -0.464 e. The quantitative estimate of drug-likeness (QED) is 0.679. The summed E-state index contributed by atoms with van der Waals surface area (Å²) >= 11 is 1.83. The minimum absolute atomic E-state index is 0.439. The number of benzene rings is 1. The first kappa shape index (κ1) is 13.4. The highest BCUT2D eigenvalue weighted by Crippen LogP contribution is 2.25. The molecule has 0 radical (unpaired) electrons. The second kappa shape index (κ2) is 6.25. The van der Waals surface area contributed by atoms with Gasteiger partial charge in [-0.3, -0.25) is 0 Å². The van der Waals surface area contributed by atoms with Crippen LogP contribution in [-0.2, 0) is 6.54 Å². The van der Waals surface area contributed by atoms with Crippen molar-refractivity contribution in [1.82, 2.24) is 5.32 Å². The highest BCUT2D eigenvalue weighted by atomic mass is 32.1. The van der Waals surface area contributed by atoms with Gasteiger partial charge in [-0.25, -0.2) is 0 Å². The lowest BCUT2D eigenvalue weighted by atomic mass is 10.1. The van der Waals surface area contributed by atoms with E-state index in [0.29, 0.717) is 6.04 Å². The Bertz CT molecular complexity index is 657. The number of fused-ring (bicyclic) bond motifs is 1. The van der Waals surface area contributed by atoms with E-state index in [4.69, 9.17) is 4.42 Å². The Morgan fingerprint density at radius 2 is 2.10 bits per heavy atom. The summed E-state index contributed by atoms with van der Waals surface area (Å²) in [5, 5.41) is 7.02. The van der Waals surface area contributed by atoms with Crippen LogP contribution in [0.1, 0.15) is 36.2 Å². The van der Waals surface area contributed by atoms with Gasteiger partial charge in [-0.05, 0) is 23.9 Å². The maximum Gasteiger partial charge on any atom is 0.134 e. The largest absolute Gasteiger partial charge is 0.464 e. The van der Waals surface area contributed by atoms with Crippen LogP contribution in [-0.4, -0.2) is 0 Å². The lowest BCUT2D eigenvalue weighted by molar-refractivity contribution is 0.498. The topological polar surface area (TPSA) is 25.2 Å². The fourth-order valence-electron chi connectivity index (χ4n) is 2.53. The van der Waals surface area contributed by atoms with Gasteiger partial charge < -0.3 is 9.73 Å². The van der Waals surface area contributed by atoms with Crippen LogP contribution in [0, 0.1) is 0 Å². The van der Waals surface area contributed by atoms with Crippen molar-refractivity contribution in [2.24, 2.45) is 0 Å². The molecule has 1 aromatic carbocycles. The van der Waals surface area contributed by atoms with Crippen LogP contribution < -0.4 is 5.32 Å². The van der Waals surface area contributed by atoms with E-state index < -0.39 is 0 Å². The van der Waals surface area contributed by atoms with Gasteiger partial charge in [0.15, 0.2) is 0 Å². The summed E-state index contributed by atoms with van der Waals surface area (Å²) in [6, 6.07) is 13.0. The Morgan fingerprint density at radius 1 is 1.20 bits per heavy atom. The molecule has 1 unspecified atom stereocenters. The van der Waals surface area contributed by atoms with E-state index in [1.165, 1.54) is 22.2 Å². The molecule has 2 nitrogen and oxygen atoms in total. The molecule has 0 spiro atoms. The van der Waals surface area contributed by atoms with E-state index >= 15 is 0 Å². The fourth-order valence-corrected chi connectivity index (χ4v) is 3.36. The zero-order valence-electron chi connectivity index (χ0n) is 11.6. The van der Waals surface area contributed by atoms with E-state index in [1.54, 1.807) is 0 Å². The van der Waals surface area contributed by atoms with Crippen molar-refractivity contribution in [2.75, 3.05) is 0 Å². The Hall–Kier alpha value is -1.58. The average Bonchev–Trinajstić information content (AvgIpc) is 3.13. The molecule has 0 amide bonds. The van der Waals surface area contributed by atoms with Crippen molar-refractivity contribution >= 4 is 22.3 Å². The fraction of sp³-hybridized carbons (Fsp3) is 0.294. The Balaban J connectivity index is 1.74. The highest BCUT2D eigenvalue weighted by molar-refractivity contribution is 7.10. The van der Waals surface area contributed by atoms with Crippen LogP contribution in [0.15, 0.2) is 52.5 Å². The van der Waals surface area contributed by atoms with Crippen LogP contribution in [0.3, 0.4) is 0 Å². The van der Waals surface area contributed by atoms with Gasteiger partial charge in [-0.15, -0.1) is 11.3 Å². The maximum atomic E-state index is 5.59. The van der Waals surface area contributed by atoms with E-state index in [1.807, 2.05) is 29.7 Å². The smallest absolute Gasteiger partial charge is 0.134 e. The summed E-state index contributed by atoms with van der Waals surface area (Å²) < 4.78 is 5.59. The van der Waals surface area contributed by atoms with Gasteiger partial charge >= 0.3 is 0 Å². The predicted octanol–water partition coefficient (Wildman–Crippen LogP) is 5.13. The zero-order chi connectivity index (χ0) is 13.8. The number of hydrogen-bond donors (Lipinski definition) is 1. The second-order valence-electron chi connectivity index (χ2n) is 4.99. The normalized spacial score (nSPS) is 12.8. The molecule has 3 heteroatoms. The van der Waals surface area contributed by atoms with Crippen molar-refractivity contribution in [3.63, 3.8) is 0 Å². The van der Waals surface area contributed by atoms with E-state index in [9.17, 15) is 0 Å². The molecule has 2 heterocycles. The molecule has 104 valence electrons. The van der Waals surface area contributed by atoms with Crippen molar-refractivity contribution in [3.8, 4) is 0 Å². The average molecular weight is 285 g/mol. The molecule has 20 heavy (non-hydrogen) atoms. The van der Waals surface area contributed by atoms with Crippen LogP contribution in [0.2, 0.25) is 0 Å². The molecule has 0 aliphatic rings. The molecule has 0 saturated carbocycles. The summed E-state index contributed by atoms with van der Waals surface area (Å²) in [5.74, 6) is 0. The van der Waals surface area contributed by atoms with Gasteiger partial charge in [-0.1, -0.05) is 37.6 Å².